The van der Waals surface area contributed by atoms with Gasteiger partial charge in [0.1, 0.15) is 25.1 Å². The summed E-state index contributed by atoms with van der Waals surface area (Å²) in [4.78, 5) is 0. The highest BCUT2D eigenvalue weighted by atomic mass is 15.3. The summed E-state index contributed by atoms with van der Waals surface area (Å²) in [5.74, 6) is 0. The first kappa shape index (κ1) is 31.4. The maximum Gasteiger partial charge on any atom is 0.117 e. The smallest absolute Gasteiger partial charge is 0.117 e. The fourth-order valence-corrected chi connectivity index (χ4v) is 4.62. The van der Waals surface area contributed by atoms with Gasteiger partial charge in [0, 0.05) is 5.56 Å². The van der Waals surface area contributed by atoms with E-state index in [0.29, 0.717) is 0 Å². The summed E-state index contributed by atoms with van der Waals surface area (Å²) in [6.45, 7) is 7.87. The standard InChI is InChI=1S/C34H58N/c1-4-7-10-13-16-19-25-30-35(33-34-28-23-22-24-29-34,31-26-20-17-14-11-8-5-2)32-27-21-18-15-12-9-6-3/h22-32H,4-21,33H2,1-3H3/q+1/b30-25-,31-26+,32-27+. The van der Waals surface area contributed by atoms with Crippen LogP contribution in [0.3, 0.4) is 0 Å². The molecule has 35 heavy (non-hydrogen) atoms. The van der Waals surface area contributed by atoms with Crippen LogP contribution in [0, 0.1) is 0 Å². The van der Waals surface area contributed by atoms with Crippen LogP contribution in [-0.2, 0) is 6.54 Å². The number of rotatable bonds is 23. The lowest BCUT2D eigenvalue weighted by Gasteiger charge is -2.27. The molecule has 1 aromatic carbocycles. The molecule has 0 aliphatic rings. The van der Waals surface area contributed by atoms with Gasteiger partial charge in [-0.1, -0.05) is 128 Å². The van der Waals surface area contributed by atoms with Crippen LogP contribution in [0.1, 0.15) is 142 Å². The number of unbranched alkanes of at least 4 members (excludes halogenated alkanes) is 15. The Hall–Kier alpha value is -1.60. The van der Waals surface area contributed by atoms with Crippen molar-refractivity contribution in [2.75, 3.05) is 0 Å². The summed E-state index contributed by atoms with van der Waals surface area (Å²) < 4.78 is 0.808. The van der Waals surface area contributed by atoms with Gasteiger partial charge in [-0.3, -0.25) is 0 Å². The predicted molar refractivity (Wildman–Crippen MR) is 158 cm³/mol. The Morgan fingerprint density at radius 2 is 0.857 bits per heavy atom. The van der Waals surface area contributed by atoms with Crippen LogP contribution in [0.5, 0.6) is 0 Å². The highest BCUT2D eigenvalue weighted by Crippen LogP contribution is 2.21. The van der Waals surface area contributed by atoms with Crippen LogP contribution < -0.4 is 0 Å². The Morgan fingerprint density at radius 1 is 0.486 bits per heavy atom. The molecule has 0 radical (unpaired) electrons. The van der Waals surface area contributed by atoms with Crippen molar-refractivity contribution >= 4 is 0 Å². The van der Waals surface area contributed by atoms with E-state index in [1.165, 1.54) is 121 Å². The Labute approximate surface area is 220 Å². The predicted octanol–water partition coefficient (Wildman–Crippen LogP) is 11.6. The molecule has 0 spiro atoms. The highest BCUT2D eigenvalue weighted by molar-refractivity contribution is 5.14. The molecule has 0 aromatic heterocycles. The Balaban J connectivity index is 2.89. The molecule has 0 saturated heterocycles. The van der Waals surface area contributed by atoms with Crippen LogP contribution in [0.15, 0.2) is 67.2 Å². The number of hydrogen-bond donors (Lipinski definition) is 0. The minimum atomic E-state index is 0.808. The maximum atomic E-state index is 2.47. The van der Waals surface area contributed by atoms with Gasteiger partial charge in [0.05, 0.1) is 0 Å². The number of nitrogens with zero attached hydrogens (tertiary/aromatic N) is 1. The number of allylic oxidation sites excluding steroid dienone is 3. The molecule has 0 N–H and O–H groups in total. The van der Waals surface area contributed by atoms with Gasteiger partial charge < -0.3 is 0 Å². The molecule has 1 nitrogen and oxygen atoms in total. The highest BCUT2D eigenvalue weighted by Gasteiger charge is 2.19. The third-order valence-electron chi connectivity index (χ3n) is 6.87. The second-order valence-electron chi connectivity index (χ2n) is 10.4. The lowest BCUT2D eigenvalue weighted by Crippen LogP contribution is -2.30. The molecule has 0 bridgehead atoms. The van der Waals surface area contributed by atoms with E-state index >= 15 is 0 Å². The number of quaternary nitrogens is 1. The van der Waals surface area contributed by atoms with Crippen LogP contribution in [0.4, 0.5) is 0 Å². The average molecular weight is 481 g/mol. The normalized spacial score (nSPS) is 12.5. The Bertz CT molecular complexity index is 595. The summed E-state index contributed by atoms with van der Waals surface area (Å²) in [5.41, 5.74) is 1.40. The van der Waals surface area contributed by atoms with Crippen molar-refractivity contribution in [3.05, 3.63) is 72.7 Å². The zero-order valence-corrected chi connectivity index (χ0v) is 23.7. The van der Waals surface area contributed by atoms with Gasteiger partial charge in [0.25, 0.3) is 0 Å². The summed E-state index contributed by atoms with van der Waals surface area (Å²) in [6.07, 6.45) is 38.5. The monoisotopic (exact) mass is 480 g/mol. The minimum Gasteiger partial charge on any atom is -0.242 e. The van der Waals surface area contributed by atoms with Crippen molar-refractivity contribution in [2.24, 2.45) is 0 Å². The molecule has 0 aliphatic carbocycles. The van der Waals surface area contributed by atoms with Crippen molar-refractivity contribution in [2.45, 2.75) is 143 Å². The van der Waals surface area contributed by atoms with Crippen LogP contribution in [0.25, 0.3) is 0 Å². The summed E-state index contributed by atoms with van der Waals surface area (Å²) in [6, 6.07) is 11.0. The molecule has 0 saturated carbocycles. The summed E-state index contributed by atoms with van der Waals surface area (Å²) >= 11 is 0. The molecule has 0 atom stereocenters. The Kier molecular flexibility index (Phi) is 20.5. The van der Waals surface area contributed by atoms with Gasteiger partial charge in [-0.15, -0.1) is 0 Å². The van der Waals surface area contributed by atoms with Gasteiger partial charge in [0.2, 0.25) is 0 Å². The fraction of sp³-hybridized carbons (Fsp3) is 0.647. The second-order valence-corrected chi connectivity index (χ2v) is 10.4. The molecule has 0 aliphatic heterocycles. The molecule has 1 aromatic rings. The van der Waals surface area contributed by atoms with Crippen LogP contribution in [0.2, 0.25) is 0 Å². The molecule has 1 heteroatoms. The topological polar surface area (TPSA) is 0 Å². The van der Waals surface area contributed by atoms with Crippen molar-refractivity contribution in [3.8, 4) is 0 Å². The lowest BCUT2D eigenvalue weighted by atomic mass is 10.1. The number of hydrogen-bond acceptors (Lipinski definition) is 0. The van der Waals surface area contributed by atoms with Crippen molar-refractivity contribution in [1.82, 2.24) is 0 Å². The van der Waals surface area contributed by atoms with E-state index in [4.69, 9.17) is 0 Å². The first-order chi connectivity index (χ1) is 17.3. The molecule has 198 valence electrons. The first-order valence-electron chi connectivity index (χ1n) is 15.2. The Morgan fingerprint density at radius 3 is 1.23 bits per heavy atom. The van der Waals surface area contributed by atoms with Gasteiger partial charge in [-0.2, -0.15) is 0 Å². The van der Waals surface area contributed by atoms with Crippen LogP contribution >= 0.6 is 0 Å². The van der Waals surface area contributed by atoms with E-state index < -0.39 is 0 Å². The molecular formula is C34H58N+. The van der Waals surface area contributed by atoms with E-state index in [1.54, 1.807) is 0 Å². The molecule has 1 rings (SSSR count). The zero-order chi connectivity index (χ0) is 25.3. The molecule has 0 amide bonds. The van der Waals surface area contributed by atoms with Crippen molar-refractivity contribution in [1.29, 1.82) is 0 Å². The summed E-state index contributed by atoms with van der Waals surface area (Å²) in [7, 11) is 0. The molecular weight excluding hydrogens is 422 g/mol. The maximum absolute atomic E-state index is 2.47. The van der Waals surface area contributed by atoms with Crippen molar-refractivity contribution < 1.29 is 4.48 Å². The van der Waals surface area contributed by atoms with Gasteiger partial charge in [0.15, 0.2) is 0 Å². The van der Waals surface area contributed by atoms with Gasteiger partial charge in [-0.05, 0) is 56.8 Å². The lowest BCUT2D eigenvalue weighted by molar-refractivity contribution is -0.788. The quantitative estimate of drug-likeness (QED) is 0.108. The average Bonchev–Trinajstić information content (AvgIpc) is 2.88. The fourth-order valence-electron chi connectivity index (χ4n) is 4.62. The van der Waals surface area contributed by atoms with Crippen LogP contribution in [-0.4, -0.2) is 4.48 Å². The largest absolute Gasteiger partial charge is 0.242 e. The molecule has 0 unspecified atom stereocenters. The van der Waals surface area contributed by atoms with E-state index in [-0.39, 0.29) is 0 Å². The van der Waals surface area contributed by atoms with E-state index in [0.717, 1.165) is 11.0 Å². The third-order valence-corrected chi connectivity index (χ3v) is 6.87. The zero-order valence-electron chi connectivity index (χ0n) is 23.7. The molecule has 0 heterocycles. The van der Waals surface area contributed by atoms with Gasteiger partial charge >= 0.3 is 0 Å². The first-order valence-corrected chi connectivity index (χ1v) is 15.2. The second kappa shape index (κ2) is 22.8. The molecule has 0 fully saturated rings. The van der Waals surface area contributed by atoms with E-state index in [9.17, 15) is 0 Å². The number of benzene rings is 1. The third kappa shape index (κ3) is 17.5. The van der Waals surface area contributed by atoms with Gasteiger partial charge in [-0.25, -0.2) is 4.48 Å². The SMILES string of the molecule is CCCCCCC/C=C\[N+](/C=C/CCCCCCC)(/C=C/CCCCCCC)Cc1ccccc1. The van der Waals surface area contributed by atoms with E-state index in [2.05, 4.69) is 87.9 Å². The minimum absolute atomic E-state index is 0.808. The summed E-state index contributed by atoms with van der Waals surface area (Å²) in [5, 5.41) is 0. The van der Waals surface area contributed by atoms with E-state index in [1.807, 2.05) is 0 Å². The van der Waals surface area contributed by atoms with Crippen molar-refractivity contribution in [3.63, 3.8) is 0 Å².